The van der Waals surface area contributed by atoms with Gasteiger partial charge in [-0.05, 0) is 42.2 Å². The number of halogens is 3. The van der Waals surface area contributed by atoms with E-state index in [2.05, 4.69) is 82.1 Å². The zero-order chi connectivity index (χ0) is 14.7. The molecule has 0 aliphatic rings. The Labute approximate surface area is 142 Å². The lowest BCUT2D eigenvalue weighted by atomic mass is 9.89. The molecule has 0 radical (unpaired) electrons. The van der Waals surface area contributed by atoms with Crippen molar-refractivity contribution in [3.8, 4) is 0 Å². The average Bonchev–Trinajstić information content (AvgIpc) is 2.44. The first-order valence-corrected chi connectivity index (χ1v) is 8.71. The molecule has 0 aliphatic heterocycles. The van der Waals surface area contributed by atoms with Crippen molar-refractivity contribution in [2.75, 3.05) is 0 Å². The molecule has 2 atom stereocenters. The minimum atomic E-state index is -0.0475. The van der Waals surface area contributed by atoms with Crippen LogP contribution in [0.1, 0.15) is 41.3 Å². The van der Waals surface area contributed by atoms with E-state index in [9.17, 15) is 0 Å². The molecule has 0 saturated carbocycles. The highest BCUT2D eigenvalue weighted by molar-refractivity contribution is 9.11. The van der Waals surface area contributed by atoms with Crippen LogP contribution in [0, 0.1) is 6.92 Å². The summed E-state index contributed by atoms with van der Waals surface area (Å²) in [5.74, 6) is 0.309. The van der Waals surface area contributed by atoms with Gasteiger partial charge in [-0.25, -0.2) is 0 Å². The van der Waals surface area contributed by atoms with Gasteiger partial charge < -0.3 is 0 Å². The number of hydrogen-bond donors (Lipinski definition) is 0. The molecule has 0 amide bonds. The Kier molecular flexibility index (Phi) is 5.71. The third-order valence-electron chi connectivity index (χ3n) is 3.60. The molecule has 0 aromatic heterocycles. The van der Waals surface area contributed by atoms with E-state index in [4.69, 9.17) is 11.6 Å². The molecule has 3 heteroatoms. The van der Waals surface area contributed by atoms with Crippen LogP contribution in [0.25, 0.3) is 0 Å². The van der Waals surface area contributed by atoms with Crippen LogP contribution in [0.3, 0.4) is 0 Å². The molecule has 2 unspecified atom stereocenters. The van der Waals surface area contributed by atoms with Gasteiger partial charge in [-0.15, -0.1) is 11.6 Å². The molecular weight excluding hydrogens is 399 g/mol. The molecule has 2 aromatic carbocycles. The van der Waals surface area contributed by atoms with E-state index in [1.54, 1.807) is 0 Å². The maximum Gasteiger partial charge on any atom is 0.0665 e. The van der Waals surface area contributed by atoms with E-state index in [0.29, 0.717) is 5.92 Å². The topological polar surface area (TPSA) is 0 Å². The Morgan fingerprint density at radius 2 is 1.70 bits per heavy atom. The van der Waals surface area contributed by atoms with Gasteiger partial charge in [0.1, 0.15) is 0 Å². The maximum absolute atomic E-state index is 6.79. The summed E-state index contributed by atoms with van der Waals surface area (Å²) in [7, 11) is 0. The van der Waals surface area contributed by atoms with Gasteiger partial charge in [-0.3, -0.25) is 0 Å². The Morgan fingerprint density at radius 3 is 2.30 bits per heavy atom. The van der Waals surface area contributed by atoms with Crippen molar-refractivity contribution in [3.05, 3.63) is 68.1 Å². The third kappa shape index (κ3) is 3.47. The van der Waals surface area contributed by atoms with Gasteiger partial charge in [-0.2, -0.15) is 0 Å². The minimum absolute atomic E-state index is 0.0475. The quantitative estimate of drug-likeness (QED) is 0.471. The normalized spacial score (nSPS) is 14.1. The average molecular weight is 417 g/mol. The molecule has 0 aliphatic carbocycles. The third-order valence-corrected chi connectivity index (χ3v) is 5.68. The largest absolute Gasteiger partial charge is 0.117 e. The highest BCUT2D eigenvalue weighted by atomic mass is 79.9. The summed E-state index contributed by atoms with van der Waals surface area (Å²) in [6.45, 7) is 4.26. The SMILES string of the molecule is CCC(c1ccccc1)C(Cl)c1cc(Br)c(C)cc1Br. The lowest BCUT2D eigenvalue weighted by molar-refractivity contribution is 0.638. The fourth-order valence-corrected chi connectivity index (χ4v) is 4.10. The second-order valence-corrected chi connectivity index (χ2v) is 7.13. The summed E-state index contributed by atoms with van der Waals surface area (Å²) in [6, 6.07) is 14.7. The highest BCUT2D eigenvalue weighted by Gasteiger charge is 2.23. The van der Waals surface area contributed by atoms with Crippen LogP contribution in [-0.2, 0) is 0 Å². The second kappa shape index (κ2) is 7.11. The van der Waals surface area contributed by atoms with Gasteiger partial charge in [0, 0.05) is 14.9 Å². The molecule has 0 bridgehead atoms. The summed E-state index contributed by atoms with van der Waals surface area (Å²) >= 11 is 14.0. The molecule has 0 fully saturated rings. The fourth-order valence-electron chi connectivity index (χ4n) is 2.40. The molecule has 0 N–H and O–H groups in total. The standard InChI is InChI=1S/C17H17Br2Cl/c1-3-13(12-7-5-4-6-8-12)17(20)14-10-15(18)11(2)9-16(14)19/h4-10,13,17H,3H2,1-2H3. The highest BCUT2D eigenvalue weighted by Crippen LogP contribution is 2.42. The Hall–Kier alpha value is -0.310. The lowest BCUT2D eigenvalue weighted by Crippen LogP contribution is -2.06. The van der Waals surface area contributed by atoms with Crippen molar-refractivity contribution in [2.45, 2.75) is 31.6 Å². The molecule has 0 heterocycles. The van der Waals surface area contributed by atoms with Crippen molar-refractivity contribution in [3.63, 3.8) is 0 Å². The number of alkyl halides is 1. The molecule has 2 rings (SSSR count). The summed E-state index contributed by atoms with van der Waals surface area (Å²) in [5, 5.41) is -0.0475. The lowest BCUT2D eigenvalue weighted by Gasteiger charge is -2.23. The Morgan fingerprint density at radius 1 is 1.05 bits per heavy atom. The van der Waals surface area contributed by atoms with E-state index in [0.717, 1.165) is 20.9 Å². The predicted octanol–water partition coefficient (Wildman–Crippen LogP) is 6.99. The zero-order valence-corrected chi connectivity index (χ0v) is 15.5. The minimum Gasteiger partial charge on any atom is -0.117 e. The van der Waals surface area contributed by atoms with Crippen molar-refractivity contribution in [2.24, 2.45) is 0 Å². The number of rotatable bonds is 4. The zero-order valence-electron chi connectivity index (χ0n) is 11.5. The van der Waals surface area contributed by atoms with Crippen LogP contribution < -0.4 is 0 Å². The van der Waals surface area contributed by atoms with E-state index < -0.39 is 0 Å². The molecular formula is C17H17Br2Cl. The monoisotopic (exact) mass is 414 g/mol. The number of benzene rings is 2. The van der Waals surface area contributed by atoms with E-state index in [1.807, 2.05) is 6.07 Å². The second-order valence-electron chi connectivity index (χ2n) is 4.95. The van der Waals surface area contributed by atoms with Gasteiger partial charge in [0.15, 0.2) is 0 Å². The van der Waals surface area contributed by atoms with E-state index >= 15 is 0 Å². The van der Waals surface area contributed by atoms with Crippen molar-refractivity contribution in [1.82, 2.24) is 0 Å². The van der Waals surface area contributed by atoms with Crippen LogP contribution in [0.15, 0.2) is 51.4 Å². The fraction of sp³-hybridized carbons (Fsp3) is 0.294. The first-order chi connectivity index (χ1) is 9.54. The van der Waals surface area contributed by atoms with Gasteiger partial charge in [-0.1, -0.05) is 69.1 Å². The van der Waals surface area contributed by atoms with Gasteiger partial charge >= 0.3 is 0 Å². The summed E-state index contributed by atoms with van der Waals surface area (Å²) in [6.07, 6.45) is 1.01. The molecule has 20 heavy (non-hydrogen) atoms. The van der Waals surface area contributed by atoms with Crippen LogP contribution in [-0.4, -0.2) is 0 Å². The first-order valence-electron chi connectivity index (χ1n) is 6.69. The number of hydrogen-bond acceptors (Lipinski definition) is 0. The van der Waals surface area contributed by atoms with Crippen LogP contribution in [0.2, 0.25) is 0 Å². The maximum atomic E-state index is 6.79. The van der Waals surface area contributed by atoms with Crippen LogP contribution in [0.4, 0.5) is 0 Å². The smallest absolute Gasteiger partial charge is 0.0665 e. The summed E-state index contributed by atoms with van der Waals surface area (Å²) in [4.78, 5) is 0. The molecule has 106 valence electrons. The molecule has 0 saturated heterocycles. The Bertz CT molecular complexity index is 581. The molecule has 0 spiro atoms. The van der Waals surface area contributed by atoms with Crippen molar-refractivity contribution >= 4 is 43.5 Å². The summed E-state index contributed by atoms with van der Waals surface area (Å²) < 4.78 is 2.18. The summed E-state index contributed by atoms with van der Waals surface area (Å²) in [5.41, 5.74) is 3.63. The molecule has 0 nitrogen and oxygen atoms in total. The van der Waals surface area contributed by atoms with E-state index in [-0.39, 0.29) is 5.38 Å². The Balaban J connectivity index is 2.39. The van der Waals surface area contributed by atoms with Crippen molar-refractivity contribution in [1.29, 1.82) is 0 Å². The van der Waals surface area contributed by atoms with E-state index in [1.165, 1.54) is 11.1 Å². The predicted molar refractivity (Wildman–Crippen MR) is 94.6 cm³/mol. The molecule has 2 aromatic rings. The van der Waals surface area contributed by atoms with Gasteiger partial charge in [0.25, 0.3) is 0 Å². The number of aryl methyl sites for hydroxylation is 1. The van der Waals surface area contributed by atoms with Gasteiger partial charge in [0.05, 0.1) is 5.38 Å². The van der Waals surface area contributed by atoms with Gasteiger partial charge in [0.2, 0.25) is 0 Å². The first kappa shape index (κ1) is 16.1. The van der Waals surface area contributed by atoms with Crippen molar-refractivity contribution < 1.29 is 0 Å². The van der Waals surface area contributed by atoms with Crippen LogP contribution >= 0.6 is 43.5 Å². The van der Waals surface area contributed by atoms with Crippen LogP contribution in [0.5, 0.6) is 0 Å².